The quantitative estimate of drug-likeness (QED) is 0.855. The third-order valence-corrected chi connectivity index (χ3v) is 6.03. The van der Waals surface area contributed by atoms with Crippen LogP contribution in [0.25, 0.3) is 0 Å². The number of carbonyl (C=O) groups is 1. The molecule has 140 valence electrons. The molecule has 1 aliphatic rings. The molecule has 0 aromatic heterocycles. The molecule has 0 spiro atoms. The largest absolute Gasteiger partial charge is 0.339 e. The normalized spacial score (nSPS) is 16.9. The number of amides is 1. The molecule has 0 aliphatic carbocycles. The Labute approximate surface area is 151 Å². The lowest BCUT2D eigenvalue weighted by Gasteiger charge is -2.34. The summed E-state index contributed by atoms with van der Waals surface area (Å²) in [6, 6.07) is 6.82. The van der Waals surface area contributed by atoms with Crippen LogP contribution in [-0.2, 0) is 20.2 Å². The number of benzene rings is 1. The highest BCUT2D eigenvalue weighted by Gasteiger charge is 2.23. The Kier molecular flexibility index (Phi) is 6.24. The first-order valence-electron chi connectivity index (χ1n) is 8.74. The van der Waals surface area contributed by atoms with E-state index < -0.39 is 10.0 Å². The molecule has 1 aliphatic heterocycles. The Bertz CT molecular complexity index is 685. The summed E-state index contributed by atoms with van der Waals surface area (Å²) in [5.41, 5.74) is 1.03. The zero-order chi connectivity index (χ0) is 18.7. The maximum Gasteiger partial charge on any atom is 0.241 e. The highest BCUT2D eigenvalue weighted by molar-refractivity contribution is 7.89. The molecule has 1 N–H and O–H groups in total. The van der Waals surface area contributed by atoms with Gasteiger partial charge in [0.1, 0.15) is 0 Å². The van der Waals surface area contributed by atoms with E-state index in [1.165, 1.54) is 0 Å². The summed E-state index contributed by atoms with van der Waals surface area (Å²) >= 11 is 0. The van der Waals surface area contributed by atoms with Crippen molar-refractivity contribution in [3.05, 3.63) is 29.8 Å². The van der Waals surface area contributed by atoms with Gasteiger partial charge in [-0.15, -0.1) is 0 Å². The van der Waals surface area contributed by atoms with Gasteiger partial charge in [-0.2, -0.15) is 0 Å². The van der Waals surface area contributed by atoms with Crippen LogP contribution in [0.3, 0.4) is 0 Å². The van der Waals surface area contributed by atoms with E-state index >= 15 is 0 Å². The number of rotatable bonds is 5. The average Bonchev–Trinajstić information content (AvgIpc) is 2.59. The van der Waals surface area contributed by atoms with Crippen molar-refractivity contribution in [3.8, 4) is 0 Å². The highest BCUT2D eigenvalue weighted by atomic mass is 32.2. The molecule has 2 rings (SSSR count). The van der Waals surface area contributed by atoms with E-state index in [0.29, 0.717) is 13.1 Å². The summed E-state index contributed by atoms with van der Waals surface area (Å²) in [5.74, 6) is -0.175. The van der Waals surface area contributed by atoms with E-state index in [2.05, 4.69) is 37.3 Å². The van der Waals surface area contributed by atoms with E-state index in [9.17, 15) is 13.2 Å². The van der Waals surface area contributed by atoms with Crippen LogP contribution in [0.5, 0.6) is 0 Å². The highest BCUT2D eigenvalue weighted by Crippen LogP contribution is 2.23. The van der Waals surface area contributed by atoms with Gasteiger partial charge < -0.3 is 9.80 Å². The van der Waals surface area contributed by atoms with Crippen LogP contribution in [-0.4, -0.2) is 63.4 Å². The summed E-state index contributed by atoms with van der Waals surface area (Å²) in [4.78, 5) is 16.4. The van der Waals surface area contributed by atoms with Gasteiger partial charge in [0.2, 0.25) is 15.9 Å². The van der Waals surface area contributed by atoms with Crippen molar-refractivity contribution in [1.82, 2.24) is 14.5 Å². The van der Waals surface area contributed by atoms with Gasteiger partial charge in [-0.3, -0.25) is 4.79 Å². The number of hydrogen-bond donors (Lipinski definition) is 1. The van der Waals surface area contributed by atoms with Crippen molar-refractivity contribution in [1.29, 1.82) is 0 Å². The summed E-state index contributed by atoms with van der Waals surface area (Å²) in [6.45, 7) is 12.1. The first-order chi connectivity index (χ1) is 11.6. The number of piperazine rings is 1. The fourth-order valence-electron chi connectivity index (χ4n) is 2.80. The Morgan fingerprint density at radius 2 is 1.64 bits per heavy atom. The fraction of sp³-hybridized carbons (Fsp3) is 0.611. The van der Waals surface area contributed by atoms with E-state index in [0.717, 1.165) is 25.2 Å². The minimum Gasteiger partial charge on any atom is -0.339 e. The Hall–Kier alpha value is -1.44. The summed E-state index contributed by atoms with van der Waals surface area (Å²) in [7, 11) is -3.68. The van der Waals surface area contributed by atoms with Gasteiger partial charge in [0, 0.05) is 26.2 Å². The zero-order valence-electron chi connectivity index (χ0n) is 15.6. The van der Waals surface area contributed by atoms with Crippen LogP contribution in [0.4, 0.5) is 0 Å². The van der Waals surface area contributed by atoms with Gasteiger partial charge in [-0.05, 0) is 29.7 Å². The van der Waals surface area contributed by atoms with Crippen molar-refractivity contribution in [3.63, 3.8) is 0 Å². The zero-order valence-corrected chi connectivity index (χ0v) is 16.4. The number of nitrogens with zero attached hydrogens (tertiary/aromatic N) is 2. The lowest BCUT2D eigenvalue weighted by atomic mass is 9.87. The molecule has 1 amide bonds. The smallest absolute Gasteiger partial charge is 0.241 e. The van der Waals surface area contributed by atoms with Gasteiger partial charge in [0.25, 0.3) is 0 Å². The summed E-state index contributed by atoms with van der Waals surface area (Å²) in [6.07, 6.45) is 0. The molecule has 0 bridgehead atoms. The monoisotopic (exact) mass is 367 g/mol. The number of hydrogen-bond acceptors (Lipinski definition) is 4. The second-order valence-corrected chi connectivity index (χ2v) is 9.18. The fourth-order valence-corrected chi connectivity index (χ4v) is 3.77. The maximum atomic E-state index is 12.4. The van der Waals surface area contributed by atoms with Crippen LogP contribution in [0.15, 0.2) is 29.2 Å². The third kappa shape index (κ3) is 5.26. The molecule has 1 heterocycles. The standard InChI is InChI=1S/C18H29N3O3S/c1-5-20-10-12-21(13-11-20)17(22)14-19-25(23,24)16-8-6-15(7-9-16)18(2,3)4/h6-9,19H,5,10-14H2,1-4H3. The van der Waals surface area contributed by atoms with Crippen LogP contribution < -0.4 is 4.72 Å². The van der Waals surface area contributed by atoms with Gasteiger partial charge in [0.05, 0.1) is 11.4 Å². The summed E-state index contributed by atoms with van der Waals surface area (Å²) in [5, 5.41) is 0. The minimum absolute atomic E-state index is 0.0354. The average molecular weight is 368 g/mol. The molecule has 25 heavy (non-hydrogen) atoms. The Morgan fingerprint density at radius 1 is 1.08 bits per heavy atom. The Morgan fingerprint density at radius 3 is 2.12 bits per heavy atom. The molecule has 1 aromatic rings. The SMILES string of the molecule is CCN1CCN(C(=O)CNS(=O)(=O)c2ccc(C(C)(C)C)cc2)CC1. The van der Waals surface area contributed by atoms with E-state index in [-0.39, 0.29) is 22.8 Å². The first kappa shape index (κ1) is 19.9. The lowest BCUT2D eigenvalue weighted by molar-refractivity contribution is -0.131. The topological polar surface area (TPSA) is 69.7 Å². The molecule has 1 fully saturated rings. The lowest BCUT2D eigenvalue weighted by Crippen LogP contribution is -2.51. The second-order valence-electron chi connectivity index (χ2n) is 7.41. The number of carbonyl (C=O) groups excluding carboxylic acids is 1. The van der Waals surface area contributed by atoms with Crippen LogP contribution >= 0.6 is 0 Å². The predicted octanol–water partition coefficient (Wildman–Crippen LogP) is 1.43. The molecule has 0 atom stereocenters. The van der Waals surface area contributed by atoms with E-state index in [1.807, 2.05) is 12.1 Å². The maximum absolute atomic E-state index is 12.4. The molecule has 1 aromatic carbocycles. The molecular weight excluding hydrogens is 338 g/mol. The number of sulfonamides is 1. The summed E-state index contributed by atoms with van der Waals surface area (Å²) < 4.78 is 27.2. The van der Waals surface area contributed by atoms with Gasteiger partial charge in [-0.25, -0.2) is 13.1 Å². The predicted molar refractivity (Wildman–Crippen MR) is 99.0 cm³/mol. The molecule has 6 nitrogen and oxygen atoms in total. The molecular formula is C18H29N3O3S. The van der Waals surface area contributed by atoms with Crippen molar-refractivity contribution in [2.45, 2.75) is 38.0 Å². The van der Waals surface area contributed by atoms with Crippen molar-refractivity contribution in [2.24, 2.45) is 0 Å². The van der Waals surface area contributed by atoms with Gasteiger partial charge in [-0.1, -0.05) is 39.8 Å². The van der Waals surface area contributed by atoms with Crippen molar-refractivity contribution in [2.75, 3.05) is 39.3 Å². The molecule has 0 saturated carbocycles. The Balaban J connectivity index is 1.94. The molecule has 0 radical (unpaired) electrons. The van der Waals surface area contributed by atoms with Gasteiger partial charge >= 0.3 is 0 Å². The van der Waals surface area contributed by atoms with E-state index in [1.54, 1.807) is 17.0 Å². The van der Waals surface area contributed by atoms with Crippen molar-refractivity contribution < 1.29 is 13.2 Å². The van der Waals surface area contributed by atoms with Gasteiger partial charge in [0.15, 0.2) is 0 Å². The molecule has 1 saturated heterocycles. The van der Waals surface area contributed by atoms with Crippen molar-refractivity contribution >= 4 is 15.9 Å². The first-order valence-corrected chi connectivity index (χ1v) is 10.2. The number of nitrogens with one attached hydrogen (secondary N) is 1. The minimum atomic E-state index is -3.68. The van der Waals surface area contributed by atoms with Crippen LogP contribution in [0.2, 0.25) is 0 Å². The molecule has 7 heteroatoms. The number of likely N-dealkylation sites (N-methyl/N-ethyl adjacent to an activating group) is 1. The molecule has 0 unspecified atom stereocenters. The second kappa shape index (κ2) is 7.85. The third-order valence-electron chi connectivity index (χ3n) is 4.62. The van der Waals surface area contributed by atoms with Crippen LogP contribution in [0.1, 0.15) is 33.3 Å². The van der Waals surface area contributed by atoms with E-state index in [4.69, 9.17) is 0 Å². The van der Waals surface area contributed by atoms with Crippen LogP contribution in [0, 0.1) is 0 Å².